The van der Waals surface area contributed by atoms with Crippen molar-refractivity contribution in [2.24, 2.45) is 0 Å². The zero-order valence-corrected chi connectivity index (χ0v) is 18.4. The maximum atomic E-state index is 15.0. The molecule has 1 fully saturated rings. The average molecular weight is 457 g/mol. The number of alkyl carbamates (subject to hydrolysis) is 1. The predicted octanol–water partition coefficient (Wildman–Crippen LogP) is 2.37. The van der Waals surface area contributed by atoms with E-state index in [1.54, 1.807) is 19.3 Å². The number of carbonyl (C=O) groups excluding carboxylic acids is 3. The van der Waals surface area contributed by atoms with Gasteiger partial charge in [-0.15, -0.1) is 0 Å². The number of aliphatic hydroxyl groups is 1. The van der Waals surface area contributed by atoms with E-state index < -0.39 is 30.2 Å². The third kappa shape index (κ3) is 7.57. The van der Waals surface area contributed by atoms with Crippen molar-refractivity contribution >= 4 is 17.9 Å². The number of hydroxylamine groups is 1. The minimum absolute atomic E-state index is 0.0666. The maximum Gasteiger partial charge on any atom is 0.411 e. The lowest BCUT2D eigenvalue weighted by Gasteiger charge is -2.29. The fourth-order valence-electron chi connectivity index (χ4n) is 3.58. The van der Waals surface area contributed by atoms with E-state index in [9.17, 15) is 23.9 Å². The fourth-order valence-corrected chi connectivity index (χ4v) is 3.58. The van der Waals surface area contributed by atoms with Crippen molar-refractivity contribution in [2.45, 2.75) is 83.6 Å². The zero-order valence-electron chi connectivity index (χ0n) is 18.4. The Bertz CT molecular complexity index is 756. The Balaban J connectivity index is 1.88. The van der Waals surface area contributed by atoms with Crippen LogP contribution in [0.5, 0.6) is 0 Å². The first kappa shape index (κ1) is 25.8. The van der Waals surface area contributed by atoms with Crippen molar-refractivity contribution in [1.29, 1.82) is 0 Å². The maximum absolute atomic E-state index is 15.0. The van der Waals surface area contributed by atoms with Crippen molar-refractivity contribution in [3.05, 3.63) is 23.3 Å². The van der Waals surface area contributed by atoms with Crippen molar-refractivity contribution < 1.29 is 38.6 Å². The molecule has 4 N–H and O–H groups in total. The number of unbranched alkanes of at least 4 members (excludes halogenated alkanes) is 3. The van der Waals surface area contributed by atoms with Crippen LogP contribution < -0.4 is 10.8 Å². The quantitative estimate of drug-likeness (QED) is 0.237. The van der Waals surface area contributed by atoms with Gasteiger partial charge >= 0.3 is 6.09 Å². The van der Waals surface area contributed by atoms with Gasteiger partial charge in [-0.2, -0.15) is 0 Å². The molecule has 3 atom stereocenters. The molecule has 0 aromatic carbocycles. The summed E-state index contributed by atoms with van der Waals surface area (Å²) in [4.78, 5) is 36.6. The van der Waals surface area contributed by atoms with Gasteiger partial charge in [0, 0.05) is 25.5 Å². The van der Waals surface area contributed by atoms with Gasteiger partial charge in [0.05, 0.1) is 18.4 Å². The Morgan fingerprint density at radius 2 is 2.00 bits per heavy atom. The minimum Gasteiger partial charge on any atom is -0.449 e. The van der Waals surface area contributed by atoms with E-state index in [-0.39, 0.29) is 43.6 Å². The van der Waals surface area contributed by atoms with Gasteiger partial charge in [-0.3, -0.25) is 25.0 Å². The highest BCUT2D eigenvalue weighted by Crippen LogP contribution is 2.28. The van der Waals surface area contributed by atoms with E-state index in [0.717, 1.165) is 23.9 Å². The van der Waals surface area contributed by atoms with Crippen molar-refractivity contribution in [1.82, 2.24) is 15.7 Å². The number of halogens is 1. The standard InChI is InChI=1S/C21H32FN3O7/c1-13-8-9-18(28)25(20-16(26)11-14(2)32-20)12-15(22)19(13)23-21(29)31-10-6-4-3-5-7-17(27)24-30/h12,14,16,20,26,30H,3-11H2,1-2H3,(H,23,29)(H,24,27). The van der Waals surface area contributed by atoms with Gasteiger partial charge in [-0.25, -0.2) is 14.7 Å². The molecule has 180 valence electrons. The first-order valence-electron chi connectivity index (χ1n) is 10.8. The molecule has 0 aromatic rings. The molecule has 0 bridgehead atoms. The third-order valence-corrected chi connectivity index (χ3v) is 5.35. The van der Waals surface area contributed by atoms with Gasteiger partial charge in [0.2, 0.25) is 11.8 Å². The second-order valence-corrected chi connectivity index (χ2v) is 8.03. The summed E-state index contributed by atoms with van der Waals surface area (Å²) in [6.07, 6.45) is 1.47. The molecule has 32 heavy (non-hydrogen) atoms. The van der Waals surface area contributed by atoms with Crippen LogP contribution in [0, 0.1) is 0 Å². The molecule has 3 unspecified atom stereocenters. The second-order valence-electron chi connectivity index (χ2n) is 8.03. The van der Waals surface area contributed by atoms with Gasteiger partial charge in [0.25, 0.3) is 0 Å². The Morgan fingerprint density at radius 3 is 2.66 bits per heavy atom. The van der Waals surface area contributed by atoms with Crippen LogP contribution in [0.3, 0.4) is 0 Å². The van der Waals surface area contributed by atoms with E-state index in [1.807, 2.05) is 0 Å². The molecule has 2 aliphatic heterocycles. The van der Waals surface area contributed by atoms with Crippen LogP contribution >= 0.6 is 0 Å². The zero-order chi connectivity index (χ0) is 23.7. The lowest BCUT2D eigenvalue weighted by atomic mass is 10.1. The largest absolute Gasteiger partial charge is 0.449 e. The van der Waals surface area contributed by atoms with Crippen molar-refractivity contribution in [3.63, 3.8) is 0 Å². The molecule has 11 heteroatoms. The SMILES string of the molecule is CC1=C(NC(=O)OCCCCCCC(=O)NO)C(F)=CN(C2OC(C)CC2O)C(=O)CC1. The summed E-state index contributed by atoms with van der Waals surface area (Å²) in [5.74, 6) is -1.65. The first-order valence-corrected chi connectivity index (χ1v) is 10.8. The smallest absolute Gasteiger partial charge is 0.411 e. The van der Waals surface area contributed by atoms with E-state index in [1.165, 1.54) is 0 Å². The van der Waals surface area contributed by atoms with E-state index in [2.05, 4.69) is 5.32 Å². The summed E-state index contributed by atoms with van der Waals surface area (Å²) in [7, 11) is 0. The van der Waals surface area contributed by atoms with E-state index >= 15 is 0 Å². The van der Waals surface area contributed by atoms with Gasteiger partial charge in [-0.05, 0) is 38.7 Å². The number of carbonyl (C=O) groups is 3. The number of aliphatic hydroxyl groups excluding tert-OH is 1. The highest BCUT2D eigenvalue weighted by Gasteiger charge is 2.38. The van der Waals surface area contributed by atoms with Gasteiger partial charge < -0.3 is 14.6 Å². The molecule has 0 radical (unpaired) electrons. The lowest BCUT2D eigenvalue weighted by Crippen LogP contribution is -2.43. The molecular weight excluding hydrogens is 425 g/mol. The topological polar surface area (TPSA) is 137 Å². The van der Waals surface area contributed by atoms with E-state index in [4.69, 9.17) is 14.7 Å². The van der Waals surface area contributed by atoms with E-state index in [0.29, 0.717) is 24.8 Å². The molecule has 0 aliphatic carbocycles. The number of rotatable bonds is 9. The Hall–Kier alpha value is -2.50. The molecule has 2 aliphatic rings. The number of allylic oxidation sites excluding steroid dienone is 2. The van der Waals surface area contributed by atoms with Crippen LogP contribution in [-0.4, -0.2) is 58.2 Å². The van der Waals surface area contributed by atoms with Crippen LogP contribution in [0.4, 0.5) is 9.18 Å². The number of hydrogen-bond donors (Lipinski definition) is 4. The summed E-state index contributed by atoms with van der Waals surface area (Å²) in [6.45, 7) is 3.51. The number of nitrogens with zero attached hydrogens (tertiary/aromatic N) is 1. The van der Waals surface area contributed by atoms with Crippen LogP contribution in [0.25, 0.3) is 0 Å². The Morgan fingerprint density at radius 1 is 1.28 bits per heavy atom. The number of amides is 3. The summed E-state index contributed by atoms with van der Waals surface area (Å²) in [5, 5.41) is 21.0. The number of nitrogens with one attached hydrogen (secondary N) is 2. The molecule has 0 aromatic heterocycles. The summed E-state index contributed by atoms with van der Waals surface area (Å²) in [6, 6.07) is 0. The monoisotopic (exact) mass is 457 g/mol. The predicted molar refractivity (Wildman–Crippen MR) is 110 cm³/mol. The van der Waals surface area contributed by atoms with Crippen LogP contribution in [0.1, 0.15) is 65.2 Å². The molecular formula is C21H32FN3O7. The molecule has 0 spiro atoms. The third-order valence-electron chi connectivity index (χ3n) is 5.35. The summed E-state index contributed by atoms with van der Waals surface area (Å²) < 4.78 is 25.6. The van der Waals surface area contributed by atoms with Crippen molar-refractivity contribution in [3.8, 4) is 0 Å². The van der Waals surface area contributed by atoms with Crippen LogP contribution in [0.2, 0.25) is 0 Å². The molecule has 1 saturated heterocycles. The molecule has 2 heterocycles. The summed E-state index contributed by atoms with van der Waals surface area (Å²) in [5.41, 5.74) is 1.99. The molecule has 10 nitrogen and oxygen atoms in total. The molecule has 3 amide bonds. The Labute approximate surface area is 186 Å². The van der Waals surface area contributed by atoms with Crippen LogP contribution in [0.15, 0.2) is 23.3 Å². The van der Waals surface area contributed by atoms with Gasteiger partial charge in [0.1, 0.15) is 6.10 Å². The average Bonchev–Trinajstić information content (AvgIpc) is 3.09. The lowest BCUT2D eigenvalue weighted by molar-refractivity contribution is -0.144. The van der Waals surface area contributed by atoms with Crippen LogP contribution in [-0.2, 0) is 19.1 Å². The fraction of sp³-hybridized carbons (Fsp3) is 0.667. The second kappa shape index (κ2) is 12.5. The minimum atomic E-state index is -0.974. The highest BCUT2D eigenvalue weighted by atomic mass is 19.1. The highest BCUT2D eigenvalue weighted by molar-refractivity contribution is 5.79. The Kier molecular flexibility index (Phi) is 10.1. The number of ether oxygens (including phenoxy) is 2. The molecule has 0 saturated carbocycles. The summed E-state index contributed by atoms with van der Waals surface area (Å²) >= 11 is 0. The van der Waals surface area contributed by atoms with Gasteiger partial charge in [0.15, 0.2) is 12.1 Å². The normalized spacial score (nSPS) is 24.0. The van der Waals surface area contributed by atoms with Gasteiger partial charge in [-0.1, -0.05) is 12.8 Å². The van der Waals surface area contributed by atoms with Crippen molar-refractivity contribution in [2.75, 3.05) is 6.61 Å². The molecule has 2 rings (SSSR count). The first-order chi connectivity index (χ1) is 15.2. The number of hydrogen-bond acceptors (Lipinski definition) is 7.